The predicted octanol–water partition coefficient (Wildman–Crippen LogP) is 7.75. The Bertz CT molecular complexity index is 872. The second-order valence-electron chi connectivity index (χ2n) is 11.6. The van der Waals surface area contributed by atoms with Gasteiger partial charge in [-0.1, -0.05) is 103 Å². The topological polar surface area (TPSA) is 120 Å². The average molecular weight is 595 g/mol. The molecule has 0 aliphatic heterocycles. The molecule has 0 aromatic carbocycles. The fourth-order valence-corrected chi connectivity index (χ4v) is 4.93. The molecule has 2 aromatic heterocycles. The lowest BCUT2D eigenvalue weighted by atomic mass is 10.0. The van der Waals surface area contributed by atoms with E-state index in [0.29, 0.717) is 23.9 Å². The highest BCUT2D eigenvalue weighted by molar-refractivity contribution is 5.12. The molecule has 0 saturated carbocycles. The molecular weight excluding hydrogens is 536 g/mol. The van der Waals surface area contributed by atoms with Gasteiger partial charge in [-0.25, -0.2) is 0 Å². The summed E-state index contributed by atoms with van der Waals surface area (Å²) in [6, 6.07) is 3.55. The maximum Gasteiger partial charge on any atom is 0.254 e. The van der Waals surface area contributed by atoms with Gasteiger partial charge in [0.25, 0.3) is 11.8 Å². The summed E-state index contributed by atoms with van der Waals surface area (Å²) in [5, 5.41) is 27.0. The summed E-state index contributed by atoms with van der Waals surface area (Å²) in [7, 11) is 0. The zero-order valence-electron chi connectivity index (χ0n) is 26.4. The van der Waals surface area contributed by atoms with Crippen molar-refractivity contribution in [1.82, 2.24) is 10.3 Å². The molecule has 2 unspecified atom stereocenters. The molecule has 242 valence electrons. The van der Waals surface area contributed by atoms with Gasteiger partial charge in [0.05, 0.1) is 19.3 Å². The van der Waals surface area contributed by atoms with Crippen LogP contribution in [0, 0.1) is 6.92 Å². The van der Waals surface area contributed by atoms with Crippen molar-refractivity contribution in [1.29, 1.82) is 0 Å². The quantitative estimate of drug-likeness (QED) is 0.0911. The molecule has 2 rings (SSSR count). The second kappa shape index (κ2) is 24.4. The van der Waals surface area contributed by atoms with E-state index in [1.807, 2.05) is 6.07 Å². The molecule has 2 heterocycles. The molecule has 0 spiro atoms. The Morgan fingerprint density at radius 2 is 1.33 bits per heavy atom. The van der Waals surface area contributed by atoms with Gasteiger partial charge in [0.1, 0.15) is 18.1 Å². The summed E-state index contributed by atoms with van der Waals surface area (Å²) >= 11 is 0. The Labute approximate surface area is 253 Å². The molecule has 2 atom stereocenters. The van der Waals surface area contributed by atoms with E-state index >= 15 is 0 Å². The molecule has 2 N–H and O–H groups in total. The van der Waals surface area contributed by atoms with Gasteiger partial charge in [-0.2, -0.15) is 0 Å². The van der Waals surface area contributed by atoms with Crippen LogP contribution in [0.1, 0.15) is 134 Å². The largest absolute Gasteiger partial charge is 0.471 e. The second-order valence-corrected chi connectivity index (χ2v) is 11.6. The molecule has 0 aliphatic carbocycles. The molecule has 0 amide bonds. The minimum absolute atomic E-state index is 0.188. The summed E-state index contributed by atoms with van der Waals surface area (Å²) in [5.41, 5.74) is 0. The summed E-state index contributed by atoms with van der Waals surface area (Å²) in [4.78, 5) is 0. The molecule has 0 aliphatic rings. The van der Waals surface area contributed by atoms with Crippen molar-refractivity contribution >= 4 is 0 Å². The van der Waals surface area contributed by atoms with E-state index in [-0.39, 0.29) is 26.4 Å². The third kappa shape index (κ3) is 18.4. The van der Waals surface area contributed by atoms with Crippen molar-refractivity contribution in [3.63, 3.8) is 0 Å². The summed E-state index contributed by atoms with van der Waals surface area (Å²) in [5.74, 6) is 2.26. The van der Waals surface area contributed by atoms with Gasteiger partial charge in [0.15, 0.2) is 6.10 Å². The standard InChI is InChI=1S/C33H58N2O7/c1-3-4-5-6-7-8-9-10-11-12-13-14-18-21-30-24-32(34-42-30)39-27-31(40-33-23-28(2)41-35-33)26-38-25-29(37)20-17-15-16-19-22-36/h23-24,29,31,36-37H,3-22,25-27H2,1-2H3. The van der Waals surface area contributed by atoms with Gasteiger partial charge in [0.2, 0.25) is 0 Å². The van der Waals surface area contributed by atoms with Crippen LogP contribution in [0.5, 0.6) is 11.8 Å². The van der Waals surface area contributed by atoms with Gasteiger partial charge < -0.3 is 33.5 Å². The average Bonchev–Trinajstić information content (AvgIpc) is 3.62. The smallest absolute Gasteiger partial charge is 0.254 e. The van der Waals surface area contributed by atoms with Crippen LogP contribution in [0.15, 0.2) is 21.2 Å². The summed E-state index contributed by atoms with van der Waals surface area (Å²) in [6.07, 6.45) is 21.5. The first-order chi connectivity index (χ1) is 20.6. The van der Waals surface area contributed by atoms with Crippen molar-refractivity contribution < 1.29 is 33.5 Å². The van der Waals surface area contributed by atoms with Crippen LogP contribution < -0.4 is 9.47 Å². The maximum atomic E-state index is 10.2. The Kier molecular flexibility index (Phi) is 20.9. The first-order valence-corrected chi connectivity index (χ1v) is 16.7. The number of hydrogen-bond acceptors (Lipinski definition) is 9. The molecule has 9 nitrogen and oxygen atoms in total. The Balaban J connectivity index is 1.59. The van der Waals surface area contributed by atoms with Crippen LogP contribution in [0.4, 0.5) is 0 Å². The van der Waals surface area contributed by atoms with E-state index in [9.17, 15) is 5.11 Å². The van der Waals surface area contributed by atoms with Gasteiger partial charge in [-0.15, -0.1) is 0 Å². The van der Waals surface area contributed by atoms with Gasteiger partial charge in [0, 0.05) is 25.2 Å². The summed E-state index contributed by atoms with van der Waals surface area (Å²) in [6.45, 7) is 4.91. The molecule has 0 fully saturated rings. The highest BCUT2D eigenvalue weighted by Crippen LogP contribution is 2.18. The lowest BCUT2D eigenvalue weighted by Crippen LogP contribution is -2.31. The van der Waals surface area contributed by atoms with Crippen LogP contribution in [-0.2, 0) is 11.2 Å². The van der Waals surface area contributed by atoms with Crippen molar-refractivity contribution in [2.24, 2.45) is 0 Å². The van der Waals surface area contributed by atoms with E-state index in [2.05, 4.69) is 17.2 Å². The molecule has 42 heavy (non-hydrogen) atoms. The zero-order chi connectivity index (χ0) is 30.1. The number of hydrogen-bond donors (Lipinski definition) is 2. The first kappa shape index (κ1) is 36.1. The van der Waals surface area contributed by atoms with Crippen LogP contribution >= 0.6 is 0 Å². The zero-order valence-corrected chi connectivity index (χ0v) is 26.4. The van der Waals surface area contributed by atoms with E-state index in [1.54, 1.807) is 13.0 Å². The molecular formula is C33H58N2O7. The Morgan fingerprint density at radius 1 is 0.714 bits per heavy atom. The minimum atomic E-state index is -0.543. The number of aryl methyl sites for hydroxylation is 2. The van der Waals surface area contributed by atoms with E-state index < -0.39 is 12.2 Å². The first-order valence-electron chi connectivity index (χ1n) is 16.7. The summed E-state index contributed by atoms with van der Waals surface area (Å²) < 4.78 is 28.1. The predicted molar refractivity (Wildman–Crippen MR) is 164 cm³/mol. The highest BCUT2D eigenvalue weighted by atomic mass is 16.6. The lowest BCUT2D eigenvalue weighted by Gasteiger charge is -2.18. The van der Waals surface area contributed by atoms with Crippen molar-refractivity contribution in [3.05, 3.63) is 23.7 Å². The molecule has 9 heteroatoms. The van der Waals surface area contributed by atoms with E-state index in [0.717, 1.165) is 44.3 Å². The highest BCUT2D eigenvalue weighted by Gasteiger charge is 2.17. The Hall–Kier alpha value is -2.10. The van der Waals surface area contributed by atoms with E-state index in [4.69, 9.17) is 28.4 Å². The van der Waals surface area contributed by atoms with Gasteiger partial charge in [-0.3, -0.25) is 0 Å². The third-order valence-corrected chi connectivity index (χ3v) is 7.43. The monoisotopic (exact) mass is 594 g/mol. The fraction of sp³-hybridized carbons (Fsp3) is 0.818. The number of aliphatic hydroxyl groups excluding tert-OH is 2. The number of rotatable bonds is 29. The minimum Gasteiger partial charge on any atom is -0.471 e. The molecule has 0 radical (unpaired) electrons. The number of aliphatic hydroxyl groups is 2. The molecule has 2 aromatic rings. The number of ether oxygens (including phenoxy) is 3. The third-order valence-electron chi connectivity index (χ3n) is 7.43. The van der Waals surface area contributed by atoms with Gasteiger partial charge >= 0.3 is 0 Å². The molecule has 0 bridgehead atoms. The van der Waals surface area contributed by atoms with Crippen LogP contribution in [-0.4, -0.2) is 59.2 Å². The van der Waals surface area contributed by atoms with Crippen LogP contribution in [0.3, 0.4) is 0 Å². The van der Waals surface area contributed by atoms with Crippen molar-refractivity contribution in [3.8, 4) is 11.8 Å². The molecule has 0 saturated heterocycles. The number of aromatic nitrogens is 2. The van der Waals surface area contributed by atoms with Crippen molar-refractivity contribution in [2.45, 2.75) is 148 Å². The lowest BCUT2D eigenvalue weighted by molar-refractivity contribution is -0.0171. The Morgan fingerprint density at radius 3 is 1.98 bits per heavy atom. The normalized spacial score (nSPS) is 13.0. The fourth-order valence-electron chi connectivity index (χ4n) is 4.93. The van der Waals surface area contributed by atoms with Crippen molar-refractivity contribution in [2.75, 3.05) is 26.4 Å². The van der Waals surface area contributed by atoms with Gasteiger partial charge in [-0.05, 0) is 36.5 Å². The maximum absolute atomic E-state index is 10.2. The number of unbranched alkanes of at least 4 members (excludes halogenated alkanes) is 15. The SMILES string of the molecule is CCCCCCCCCCCCCCCc1cc(OCC(COCC(O)CCCCCCO)Oc2cc(C)on2)no1. The van der Waals surface area contributed by atoms with Crippen LogP contribution in [0.2, 0.25) is 0 Å². The van der Waals surface area contributed by atoms with E-state index in [1.165, 1.54) is 77.0 Å². The number of nitrogens with zero attached hydrogens (tertiary/aromatic N) is 2. The van der Waals surface area contributed by atoms with Crippen LogP contribution in [0.25, 0.3) is 0 Å².